The molecule has 4 nitrogen and oxygen atoms in total. The van der Waals surface area contributed by atoms with Gasteiger partial charge in [-0.25, -0.2) is 8.42 Å². The van der Waals surface area contributed by atoms with Crippen molar-refractivity contribution in [2.75, 3.05) is 11.1 Å². The highest BCUT2D eigenvalue weighted by molar-refractivity contribution is 7.90. The van der Waals surface area contributed by atoms with Gasteiger partial charge in [-0.1, -0.05) is 59.6 Å². The van der Waals surface area contributed by atoms with Crippen molar-refractivity contribution in [3.63, 3.8) is 0 Å². The van der Waals surface area contributed by atoms with Gasteiger partial charge in [0.15, 0.2) is 9.84 Å². The van der Waals surface area contributed by atoms with Crippen LogP contribution < -0.4 is 5.32 Å². The van der Waals surface area contributed by atoms with E-state index in [0.29, 0.717) is 16.3 Å². The van der Waals surface area contributed by atoms with Crippen LogP contribution in [0.25, 0.3) is 0 Å². The second-order valence-electron chi connectivity index (χ2n) is 4.98. The monoisotopic (exact) mass is 371 g/mol. The largest absolute Gasteiger partial charge is 0.325 e. The number of anilines is 1. The number of halogens is 2. The molecule has 122 valence electrons. The van der Waals surface area contributed by atoms with Crippen LogP contribution >= 0.6 is 23.2 Å². The maximum atomic E-state index is 12.1. The summed E-state index contributed by atoms with van der Waals surface area (Å²) in [5.74, 6) is -0.740. The molecule has 0 fully saturated rings. The summed E-state index contributed by atoms with van der Waals surface area (Å²) in [5.41, 5.74) is 1.07. The molecule has 23 heavy (non-hydrogen) atoms. The van der Waals surface area contributed by atoms with E-state index in [9.17, 15) is 13.2 Å². The summed E-state index contributed by atoms with van der Waals surface area (Å²) in [6.07, 6.45) is -0.141. The average Bonchev–Trinajstić information content (AvgIpc) is 2.51. The van der Waals surface area contributed by atoms with Crippen molar-refractivity contribution in [2.45, 2.75) is 12.2 Å². The summed E-state index contributed by atoms with van der Waals surface area (Å²) in [7, 11) is -3.36. The maximum Gasteiger partial charge on any atom is 0.225 e. The molecule has 2 rings (SSSR count). The van der Waals surface area contributed by atoms with Crippen molar-refractivity contribution in [1.82, 2.24) is 0 Å². The van der Waals surface area contributed by atoms with Crippen LogP contribution in [0.2, 0.25) is 10.0 Å². The number of carbonyl (C=O) groups excluding carboxylic acids is 1. The van der Waals surface area contributed by atoms with Crippen LogP contribution in [-0.4, -0.2) is 20.1 Å². The van der Waals surface area contributed by atoms with Gasteiger partial charge in [-0.05, 0) is 17.7 Å². The van der Waals surface area contributed by atoms with Gasteiger partial charge >= 0.3 is 0 Å². The Labute approximate surface area is 145 Å². The first kappa shape index (κ1) is 17.8. The van der Waals surface area contributed by atoms with E-state index in [-0.39, 0.29) is 22.9 Å². The van der Waals surface area contributed by atoms with E-state index in [4.69, 9.17) is 23.2 Å². The normalized spacial score (nSPS) is 11.2. The van der Waals surface area contributed by atoms with Crippen LogP contribution in [0.4, 0.5) is 5.69 Å². The van der Waals surface area contributed by atoms with Gasteiger partial charge in [0.25, 0.3) is 0 Å². The minimum Gasteiger partial charge on any atom is -0.325 e. The Balaban J connectivity index is 1.92. The zero-order chi connectivity index (χ0) is 16.9. The van der Waals surface area contributed by atoms with Gasteiger partial charge in [0.05, 0.1) is 27.2 Å². The standard InChI is InChI=1S/C16H15Cl2NO3S/c17-13-7-4-8-14(16(13)18)19-15(20)9-10-23(21,22)11-12-5-2-1-3-6-12/h1-8H,9-11H2,(H,19,20). The SMILES string of the molecule is O=C(CCS(=O)(=O)Cc1ccccc1)Nc1cccc(Cl)c1Cl. The molecule has 0 saturated carbocycles. The van der Waals surface area contributed by atoms with Crippen molar-refractivity contribution in [2.24, 2.45) is 0 Å². The molecule has 2 aromatic rings. The fraction of sp³-hybridized carbons (Fsp3) is 0.188. The van der Waals surface area contributed by atoms with E-state index < -0.39 is 15.7 Å². The molecule has 1 amide bonds. The Kier molecular flexibility index (Phi) is 6.04. The lowest BCUT2D eigenvalue weighted by Crippen LogP contribution is -2.18. The summed E-state index contributed by atoms with van der Waals surface area (Å²) < 4.78 is 24.1. The van der Waals surface area contributed by atoms with Crippen molar-refractivity contribution >= 4 is 44.6 Å². The molecule has 2 aromatic carbocycles. The van der Waals surface area contributed by atoms with E-state index in [1.807, 2.05) is 6.07 Å². The minimum absolute atomic E-state index is 0.0843. The topological polar surface area (TPSA) is 63.2 Å². The molecule has 0 aromatic heterocycles. The van der Waals surface area contributed by atoms with Gasteiger partial charge in [0, 0.05) is 6.42 Å². The highest BCUT2D eigenvalue weighted by Gasteiger charge is 2.15. The third-order valence-electron chi connectivity index (χ3n) is 3.10. The van der Waals surface area contributed by atoms with E-state index in [1.165, 1.54) is 0 Å². The summed E-state index contributed by atoms with van der Waals surface area (Å²) in [4.78, 5) is 11.9. The highest BCUT2D eigenvalue weighted by Crippen LogP contribution is 2.29. The van der Waals surface area contributed by atoms with Crippen molar-refractivity contribution in [3.05, 3.63) is 64.1 Å². The number of rotatable bonds is 6. The van der Waals surface area contributed by atoms with Gasteiger partial charge in [0.1, 0.15) is 0 Å². The van der Waals surface area contributed by atoms with E-state index >= 15 is 0 Å². The van der Waals surface area contributed by atoms with E-state index in [0.717, 1.165) is 0 Å². The first-order chi connectivity index (χ1) is 10.9. The molecule has 7 heteroatoms. The van der Waals surface area contributed by atoms with Gasteiger partial charge in [-0.15, -0.1) is 0 Å². The van der Waals surface area contributed by atoms with Crippen molar-refractivity contribution in [3.8, 4) is 0 Å². The Morgan fingerprint density at radius 1 is 1.00 bits per heavy atom. The zero-order valence-electron chi connectivity index (χ0n) is 12.1. The smallest absolute Gasteiger partial charge is 0.225 e. The van der Waals surface area contributed by atoms with Crippen LogP contribution in [0.3, 0.4) is 0 Å². The van der Waals surface area contributed by atoms with Crippen molar-refractivity contribution in [1.29, 1.82) is 0 Å². The van der Waals surface area contributed by atoms with Gasteiger partial charge in [-0.3, -0.25) is 4.79 Å². The number of amides is 1. The number of hydrogen-bond acceptors (Lipinski definition) is 3. The Morgan fingerprint density at radius 3 is 2.39 bits per heavy atom. The third-order valence-corrected chi connectivity index (χ3v) is 5.51. The number of sulfone groups is 1. The number of benzene rings is 2. The average molecular weight is 372 g/mol. The van der Waals surface area contributed by atoms with Crippen LogP contribution in [-0.2, 0) is 20.4 Å². The maximum absolute atomic E-state index is 12.1. The molecule has 0 atom stereocenters. The van der Waals surface area contributed by atoms with Crippen LogP contribution in [0.5, 0.6) is 0 Å². The van der Waals surface area contributed by atoms with E-state index in [2.05, 4.69) is 5.32 Å². The predicted octanol–water partition coefficient (Wildman–Crippen LogP) is 3.94. The van der Waals surface area contributed by atoms with E-state index in [1.54, 1.807) is 42.5 Å². The molecule has 0 aliphatic carbocycles. The molecule has 0 heterocycles. The lowest BCUT2D eigenvalue weighted by Gasteiger charge is -2.08. The van der Waals surface area contributed by atoms with Crippen LogP contribution in [0.15, 0.2) is 48.5 Å². The van der Waals surface area contributed by atoms with Gasteiger partial charge in [0.2, 0.25) is 5.91 Å². The summed E-state index contributed by atoms with van der Waals surface area (Å²) in [6.45, 7) is 0. The number of nitrogens with one attached hydrogen (secondary N) is 1. The Bertz CT molecular complexity index is 792. The molecule has 0 radical (unpaired) electrons. The molecule has 0 unspecified atom stereocenters. The van der Waals surface area contributed by atoms with Gasteiger partial charge < -0.3 is 5.32 Å². The fourth-order valence-electron chi connectivity index (χ4n) is 1.96. The highest BCUT2D eigenvalue weighted by atomic mass is 35.5. The molecule has 0 aliphatic heterocycles. The first-order valence-electron chi connectivity index (χ1n) is 6.85. The summed E-state index contributed by atoms with van der Waals surface area (Å²) in [6, 6.07) is 13.7. The van der Waals surface area contributed by atoms with Crippen LogP contribution in [0.1, 0.15) is 12.0 Å². The summed E-state index contributed by atoms with van der Waals surface area (Å²) in [5, 5.41) is 3.12. The fourth-order valence-corrected chi connectivity index (χ4v) is 3.65. The molecule has 0 bridgehead atoms. The van der Waals surface area contributed by atoms with Crippen molar-refractivity contribution < 1.29 is 13.2 Å². The minimum atomic E-state index is -3.36. The molecular formula is C16H15Cl2NO3S. The summed E-state index contributed by atoms with van der Waals surface area (Å²) >= 11 is 11.8. The predicted molar refractivity (Wildman–Crippen MR) is 93.6 cm³/mol. The number of carbonyl (C=O) groups is 1. The second kappa shape index (κ2) is 7.81. The first-order valence-corrected chi connectivity index (χ1v) is 9.43. The third kappa shape index (κ3) is 5.53. The quantitative estimate of drug-likeness (QED) is 0.836. The van der Waals surface area contributed by atoms with Crippen LogP contribution in [0, 0.1) is 0 Å². The molecular weight excluding hydrogens is 357 g/mol. The lowest BCUT2D eigenvalue weighted by atomic mass is 10.2. The molecule has 0 aliphatic rings. The van der Waals surface area contributed by atoms with Gasteiger partial charge in [-0.2, -0.15) is 0 Å². The zero-order valence-corrected chi connectivity index (χ0v) is 14.5. The second-order valence-corrected chi connectivity index (χ2v) is 7.95. The Morgan fingerprint density at radius 2 is 1.70 bits per heavy atom. The molecule has 0 saturated heterocycles. The molecule has 1 N–H and O–H groups in total. The molecule has 0 spiro atoms. The lowest BCUT2D eigenvalue weighted by molar-refractivity contribution is -0.115. The number of hydrogen-bond donors (Lipinski definition) is 1. The Hall–Kier alpha value is -1.56.